The predicted octanol–water partition coefficient (Wildman–Crippen LogP) is 1.98. The smallest absolute Gasteiger partial charge is 0.244 e. The molecule has 0 saturated heterocycles. The highest BCUT2D eigenvalue weighted by Gasteiger charge is 2.27. The second-order valence-electron chi connectivity index (χ2n) is 5.50. The molecule has 5 nitrogen and oxygen atoms in total. The number of aryl methyl sites for hydroxylation is 1. The zero-order valence-electron chi connectivity index (χ0n) is 13.0. The monoisotopic (exact) mass is 286 g/mol. The second kappa shape index (κ2) is 6.54. The molecule has 2 aromatic rings. The molecule has 0 spiro atoms. The van der Waals surface area contributed by atoms with Crippen LogP contribution >= 0.6 is 0 Å². The number of benzene rings is 1. The summed E-state index contributed by atoms with van der Waals surface area (Å²) in [5, 5.41) is 6.80. The zero-order chi connectivity index (χ0) is 15.4. The number of hydrogen-bond acceptors (Lipinski definition) is 3. The molecule has 1 N–H and O–H groups in total. The minimum Gasteiger partial charge on any atom is -0.338 e. The molecule has 21 heavy (non-hydrogen) atoms. The van der Waals surface area contributed by atoms with Gasteiger partial charge in [0, 0.05) is 13.2 Å². The van der Waals surface area contributed by atoms with Crippen LogP contribution in [0, 0.1) is 6.92 Å². The van der Waals surface area contributed by atoms with E-state index in [9.17, 15) is 4.79 Å². The van der Waals surface area contributed by atoms with Crippen molar-refractivity contribution in [3.63, 3.8) is 0 Å². The molecule has 0 fully saturated rings. The topological polar surface area (TPSA) is 52.2 Å². The van der Waals surface area contributed by atoms with E-state index in [2.05, 4.69) is 10.2 Å². The van der Waals surface area contributed by atoms with Gasteiger partial charge in [-0.15, -0.1) is 0 Å². The van der Waals surface area contributed by atoms with Crippen LogP contribution in [0.2, 0.25) is 0 Å². The Labute approximate surface area is 125 Å². The van der Waals surface area contributed by atoms with E-state index in [1.807, 2.05) is 63.3 Å². The Bertz CT molecular complexity index is 592. The molecule has 1 aromatic carbocycles. The molecule has 2 rings (SSSR count). The lowest BCUT2D eigenvalue weighted by Gasteiger charge is -2.29. The summed E-state index contributed by atoms with van der Waals surface area (Å²) in [5.41, 5.74) is 3.09. The number of aromatic nitrogens is 2. The lowest BCUT2D eigenvalue weighted by atomic mass is 9.99. The fourth-order valence-electron chi connectivity index (χ4n) is 2.44. The van der Waals surface area contributed by atoms with E-state index in [1.165, 1.54) is 0 Å². The maximum atomic E-state index is 12.8. The Balaban J connectivity index is 2.22. The van der Waals surface area contributed by atoms with Gasteiger partial charge in [0.05, 0.1) is 12.2 Å². The lowest BCUT2D eigenvalue weighted by molar-refractivity contribution is -0.135. The van der Waals surface area contributed by atoms with Crippen LogP contribution in [-0.4, -0.2) is 47.0 Å². The van der Waals surface area contributed by atoms with Crippen LogP contribution in [0.1, 0.15) is 22.9 Å². The summed E-state index contributed by atoms with van der Waals surface area (Å²) in [6.45, 7) is 2.56. The third-order valence-corrected chi connectivity index (χ3v) is 3.58. The molecule has 0 bridgehead atoms. The van der Waals surface area contributed by atoms with Gasteiger partial charge in [0.25, 0.3) is 0 Å². The van der Waals surface area contributed by atoms with E-state index in [1.54, 1.807) is 11.1 Å². The van der Waals surface area contributed by atoms with Crippen LogP contribution < -0.4 is 0 Å². The van der Waals surface area contributed by atoms with Crippen molar-refractivity contribution in [2.24, 2.45) is 0 Å². The Kier molecular flexibility index (Phi) is 4.75. The van der Waals surface area contributed by atoms with Gasteiger partial charge in [0.2, 0.25) is 5.91 Å². The summed E-state index contributed by atoms with van der Waals surface area (Å²) in [5.74, 6) is 0.0731. The number of amides is 1. The van der Waals surface area contributed by atoms with Gasteiger partial charge in [-0.3, -0.25) is 14.8 Å². The highest BCUT2D eigenvalue weighted by atomic mass is 16.2. The first-order chi connectivity index (χ1) is 10.0. The number of aromatic amines is 1. The normalized spacial score (nSPS) is 12.4. The summed E-state index contributed by atoms with van der Waals surface area (Å²) in [6, 6.07) is 9.61. The Morgan fingerprint density at radius 1 is 1.24 bits per heavy atom. The van der Waals surface area contributed by atoms with Crippen LogP contribution in [0.5, 0.6) is 0 Å². The van der Waals surface area contributed by atoms with E-state index in [0.717, 1.165) is 16.8 Å². The van der Waals surface area contributed by atoms with Crippen LogP contribution in [0.15, 0.2) is 36.5 Å². The van der Waals surface area contributed by atoms with E-state index in [0.29, 0.717) is 6.54 Å². The van der Waals surface area contributed by atoms with E-state index >= 15 is 0 Å². The van der Waals surface area contributed by atoms with Crippen LogP contribution in [0.25, 0.3) is 0 Å². The molecule has 0 saturated carbocycles. The number of hydrogen-bond donors (Lipinski definition) is 1. The summed E-state index contributed by atoms with van der Waals surface area (Å²) in [6.07, 6.45) is 1.69. The minimum atomic E-state index is -0.279. The number of rotatable bonds is 5. The molecule has 1 amide bonds. The van der Waals surface area contributed by atoms with Crippen molar-refractivity contribution < 1.29 is 4.79 Å². The quantitative estimate of drug-likeness (QED) is 0.914. The van der Waals surface area contributed by atoms with Gasteiger partial charge in [0.1, 0.15) is 6.04 Å². The predicted molar refractivity (Wildman–Crippen MR) is 82.7 cm³/mol. The molecule has 0 aliphatic rings. The number of carbonyl (C=O) groups excluding carboxylic acids is 1. The molecule has 1 heterocycles. The molecule has 1 atom stereocenters. The molecule has 0 aliphatic heterocycles. The standard InChI is InChI=1S/C16H22N4O/c1-12-7-5-6-8-14(12)15(19(2)3)16(21)20(4)11-13-9-10-17-18-13/h5-10,15H,11H2,1-4H3,(H,17,18)/t15-/m1/s1. The van der Waals surface area contributed by atoms with Gasteiger partial charge in [-0.1, -0.05) is 24.3 Å². The summed E-state index contributed by atoms with van der Waals surface area (Å²) >= 11 is 0. The average molecular weight is 286 g/mol. The van der Waals surface area contributed by atoms with Gasteiger partial charge < -0.3 is 4.90 Å². The molecule has 0 aliphatic carbocycles. The van der Waals surface area contributed by atoms with Gasteiger partial charge in [-0.05, 0) is 38.2 Å². The molecule has 0 unspecified atom stereocenters. The Morgan fingerprint density at radius 3 is 2.52 bits per heavy atom. The molecular formula is C16H22N4O. The van der Waals surface area contributed by atoms with Crippen molar-refractivity contribution in [2.75, 3.05) is 21.1 Å². The third kappa shape index (κ3) is 3.49. The molecule has 5 heteroatoms. The molecule has 1 aromatic heterocycles. The summed E-state index contributed by atoms with van der Waals surface area (Å²) in [7, 11) is 5.68. The van der Waals surface area contributed by atoms with Gasteiger partial charge in [-0.25, -0.2) is 0 Å². The van der Waals surface area contributed by atoms with E-state index in [-0.39, 0.29) is 11.9 Å². The van der Waals surface area contributed by atoms with Crippen LogP contribution in [-0.2, 0) is 11.3 Å². The minimum absolute atomic E-state index is 0.0731. The highest BCUT2D eigenvalue weighted by molar-refractivity contribution is 5.83. The first kappa shape index (κ1) is 15.3. The van der Waals surface area contributed by atoms with Gasteiger partial charge in [0.15, 0.2) is 0 Å². The van der Waals surface area contributed by atoms with Crippen molar-refractivity contribution in [1.29, 1.82) is 0 Å². The van der Waals surface area contributed by atoms with Crippen molar-refractivity contribution in [2.45, 2.75) is 19.5 Å². The largest absolute Gasteiger partial charge is 0.338 e. The van der Waals surface area contributed by atoms with Gasteiger partial charge >= 0.3 is 0 Å². The third-order valence-electron chi connectivity index (χ3n) is 3.58. The van der Waals surface area contributed by atoms with Crippen molar-refractivity contribution >= 4 is 5.91 Å². The number of nitrogens with zero attached hydrogens (tertiary/aromatic N) is 3. The van der Waals surface area contributed by atoms with E-state index in [4.69, 9.17) is 0 Å². The Morgan fingerprint density at radius 2 is 1.95 bits per heavy atom. The van der Waals surface area contributed by atoms with E-state index < -0.39 is 0 Å². The summed E-state index contributed by atoms with van der Waals surface area (Å²) in [4.78, 5) is 16.5. The Hall–Kier alpha value is -2.14. The van der Waals surface area contributed by atoms with Crippen LogP contribution in [0.4, 0.5) is 0 Å². The molecular weight excluding hydrogens is 264 g/mol. The molecule has 0 radical (unpaired) electrons. The number of nitrogens with one attached hydrogen (secondary N) is 1. The maximum Gasteiger partial charge on any atom is 0.244 e. The lowest BCUT2D eigenvalue weighted by Crippen LogP contribution is -2.38. The number of carbonyl (C=O) groups is 1. The van der Waals surface area contributed by atoms with Crippen molar-refractivity contribution in [3.05, 3.63) is 53.3 Å². The fraction of sp³-hybridized carbons (Fsp3) is 0.375. The SMILES string of the molecule is Cc1ccccc1[C@H](C(=O)N(C)Cc1ccn[nH]1)N(C)C. The second-order valence-corrected chi connectivity index (χ2v) is 5.50. The van der Waals surface area contributed by atoms with Gasteiger partial charge in [-0.2, -0.15) is 5.10 Å². The number of likely N-dealkylation sites (N-methyl/N-ethyl adjacent to an activating group) is 2. The van der Waals surface area contributed by atoms with Crippen molar-refractivity contribution in [1.82, 2.24) is 20.0 Å². The summed E-state index contributed by atoms with van der Waals surface area (Å²) < 4.78 is 0. The molecule has 112 valence electrons. The van der Waals surface area contributed by atoms with Crippen LogP contribution in [0.3, 0.4) is 0 Å². The first-order valence-electron chi connectivity index (χ1n) is 6.96. The highest BCUT2D eigenvalue weighted by Crippen LogP contribution is 2.24. The van der Waals surface area contributed by atoms with Crippen molar-refractivity contribution in [3.8, 4) is 0 Å². The zero-order valence-corrected chi connectivity index (χ0v) is 13.0. The number of H-pyrrole nitrogens is 1. The first-order valence-corrected chi connectivity index (χ1v) is 6.96. The average Bonchev–Trinajstić information content (AvgIpc) is 2.93. The maximum absolute atomic E-state index is 12.8. The fourth-order valence-corrected chi connectivity index (χ4v) is 2.44.